The number of rotatable bonds is 6. The zero-order valence-electron chi connectivity index (χ0n) is 11.7. The van der Waals surface area contributed by atoms with Crippen molar-refractivity contribution in [1.82, 2.24) is 5.32 Å². The molecule has 1 aromatic rings. The fourth-order valence-electron chi connectivity index (χ4n) is 2.92. The van der Waals surface area contributed by atoms with Crippen molar-refractivity contribution in [2.75, 3.05) is 6.54 Å². The molecule has 2 rings (SSSR count). The summed E-state index contributed by atoms with van der Waals surface area (Å²) in [6.07, 6.45) is 4.00. The highest BCUT2D eigenvalue weighted by Gasteiger charge is 2.19. The first-order chi connectivity index (χ1) is 9.65. The zero-order valence-corrected chi connectivity index (χ0v) is 11.7. The monoisotopic (exact) mass is 277 g/mol. The highest BCUT2D eigenvalue weighted by atomic mass is 16.4. The third-order valence-electron chi connectivity index (χ3n) is 3.96. The van der Waals surface area contributed by atoms with Crippen LogP contribution in [0.4, 0.5) is 0 Å². The van der Waals surface area contributed by atoms with Gasteiger partial charge in [0, 0.05) is 6.54 Å². The van der Waals surface area contributed by atoms with Crippen LogP contribution < -0.4 is 5.32 Å². The lowest BCUT2D eigenvalue weighted by Gasteiger charge is -2.26. The normalized spacial score (nSPS) is 22.6. The highest BCUT2D eigenvalue weighted by Crippen LogP contribution is 2.23. The number of carbonyl (C=O) groups is 1. The summed E-state index contributed by atoms with van der Waals surface area (Å²) in [4.78, 5) is 10.8. The Morgan fingerprint density at radius 2 is 2.00 bits per heavy atom. The van der Waals surface area contributed by atoms with E-state index in [0.29, 0.717) is 12.5 Å². The Kier molecular flexibility index (Phi) is 5.56. The van der Waals surface area contributed by atoms with Crippen LogP contribution in [0.15, 0.2) is 24.3 Å². The third kappa shape index (κ3) is 4.62. The number of carboxylic acids is 1. The van der Waals surface area contributed by atoms with Gasteiger partial charge in [0.15, 0.2) is 0 Å². The van der Waals surface area contributed by atoms with Gasteiger partial charge in [-0.1, -0.05) is 30.7 Å². The van der Waals surface area contributed by atoms with Crippen molar-refractivity contribution >= 4 is 5.97 Å². The van der Waals surface area contributed by atoms with Crippen molar-refractivity contribution in [1.29, 1.82) is 0 Å². The van der Waals surface area contributed by atoms with Crippen LogP contribution in [-0.2, 0) is 17.8 Å². The Hall–Kier alpha value is -1.39. The number of hydrogen-bond acceptors (Lipinski definition) is 3. The maximum absolute atomic E-state index is 10.8. The molecule has 1 fully saturated rings. The lowest BCUT2D eigenvalue weighted by molar-refractivity contribution is -0.136. The van der Waals surface area contributed by atoms with Gasteiger partial charge in [0.1, 0.15) is 0 Å². The van der Waals surface area contributed by atoms with Gasteiger partial charge in [-0.25, -0.2) is 0 Å². The van der Waals surface area contributed by atoms with Crippen molar-refractivity contribution in [2.24, 2.45) is 5.92 Å². The van der Waals surface area contributed by atoms with E-state index < -0.39 is 5.97 Å². The molecule has 1 aliphatic rings. The van der Waals surface area contributed by atoms with Crippen molar-refractivity contribution in [3.05, 3.63) is 35.4 Å². The Labute approximate surface area is 119 Å². The molecule has 2 unspecified atom stereocenters. The average molecular weight is 277 g/mol. The highest BCUT2D eigenvalue weighted by molar-refractivity contribution is 5.70. The summed E-state index contributed by atoms with van der Waals surface area (Å²) in [6, 6.07) is 7.66. The van der Waals surface area contributed by atoms with Gasteiger partial charge in [-0.15, -0.1) is 0 Å². The smallest absolute Gasteiger partial charge is 0.307 e. The topological polar surface area (TPSA) is 69.6 Å². The van der Waals surface area contributed by atoms with Crippen molar-refractivity contribution in [3.63, 3.8) is 0 Å². The van der Waals surface area contributed by atoms with E-state index in [9.17, 15) is 9.90 Å². The number of benzene rings is 1. The number of aliphatic carboxylic acids is 1. The van der Waals surface area contributed by atoms with Gasteiger partial charge in [0.05, 0.1) is 12.5 Å². The molecule has 0 aliphatic heterocycles. The summed E-state index contributed by atoms with van der Waals surface area (Å²) >= 11 is 0. The van der Waals surface area contributed by atoms with Gasteiger partial charge in [-0.05, 0) is 42.9 Å². The first kappa shape index (κ1) is 15.0. The van der Waals surface area contributed by atoms with Crippen LogP contribution in [-0.4, -0.2) is 28.8 Å². The van der Waals surface area contributed by atoms with Gasteiger partial charge in [0.2, 0.25) is 0 Å². The van der Waals surface area contributed by atoms with Gasteiger partial charge >= 0.3 is 5.97 Å². The number of nitrogens with one attached hydrogen (secondary N) is 1. The van der Waals surface area contributed by atoms with Crippen molar-refractivity contribution < 1.29 is 15.0 Å². The van der Waals surface area contributed by atoms with Crippen molar-refractivity contribution in [2.45, 2.75) is 44.8 Å². The number of carboxylic acid groups (broad SMARTS) is 1. The molecule has 0 heterocycles. The molecule has 4 nitrogen and oxygen atoms in total. The summed E-state index contributed by atoms with van der Waals surface area (Å²) < 4.78 is 0. The van der Waals surface area contributed by atoms with Crippen LogP contribution in [0, 0.1) is 5.92 Å². The molecule has 110 valence electrons. The molecule has 0 saturated heterocycles. The molecule has 0 amide bonds. The first-order valence-corrected chi connectivity index (χ1v) is 7.32. The first-order valence-electron chi connectivity index (χ1n) is 7.32. The van der Waals surface area contributed by atoms with Crippen LogP contribution in [0.2, 0.25) is 0 Å². The molecule has 1 saturated carbocycles. The van der Waals surface area contributed by atoms with Crippen LogP contribution in [0.5, 0.6) is 0 Å². The number of aliphatic hydroxyl groups is 1. The van der Waals surface area contributed by atoms with E-state index in [1.807, 2.05) is 24.3 Å². The van der Waals surface area contributed by atoms with E-state index in [1.54, 1.807) is 0 Å². The predicted octanol–water partition coefficient (Wildman–Crippen LogP) is 1.95. The molecule has 0 spiro atoms. The maximum atomic E-state index is 10.8. The zero-order chi connectivity index (χ0) is 14.4. The fourth-order valence-corrected chi connectivity index (χ4v) is 2.92. The second-order valence-corrected chi connectivity index (χ2v) is 5.66. The molecule has 4 heteroatoms. The summed E-state index contributed by atoms with van der Waals surface area (Å²) in [7, 11) is 0. The molecule has 0 aromatic heterocycles. The van der Waals surface area contributed by atoms with Gasteiger partial charge in [-0.3, -0.25) is 4.79 Å². The number of hydrogen-bond donors (Lipinski definition) is 3. The van der Waals surface area contributed by atoms with Crippen LogP contribution in [0.1, 0.15) is 36.8 Å². The fraction of sp³-hybridized carbons (Fsp3) is 0.562. The quantitative estimate of drug-likeness (QED) is 0.743. The van der Waals surface area contributed by atoms with Gasteiger partial charge in [-0.2, -0.15) is 0 Å². The Morgan fingerprint density at radius 3 is 2.70 bits per heavy atom. The standard InChI is InChI=1S/C16H23NO3/c18-15-7-3-4-12(8-15)10-17-11-14-6-2-1-5-13(14)9-16(19)20/h1-2,5-6,12,15,17-18H,3-4,7-11H2,(H,19,20). The average Bonchev–Trinajstić information content (AvgIpc) is 2.40. The molecule has 0 radical (unpaired) electrons. The summed E-state index contributed by atoms with van der Waals surface area (Å²) in [5, 5.41) is 21.9. The van der Waals surface area contributed by atoms with E-state index in [-0.39, 0.29) is 12.5 Å². The van der Waals surface area contributed by atoms with Gasteiger partial charge in [0.25, 0.3) is 0 Å². The third-order valence-corrected chi connectivity index (χ3v) is 3.96. The van der Waals surface area contributed by atoms with E-state index in [0.717, 1.165) is 36.9 Å². The lowest BCUT2D eigenvalue weighted by Crippen LogP contribution is -2.29. The maximum Gasteiger partial charge on any atom is 0.307 e. The SMILES string of the molecule is O=C(O)Cc1ccccc1CNCC1CCCC(O)C1. The Bertz CT molecular complexity index is 447. The lowest BCUT2D eigenvalue weighted by atomic mass is 9.87. The summed E-state index contributed by atoms with van der Waals surface area (Å²) in [5.74, 6) is -0.266. The number of aliphatic hydroxyl groups excluding tert-OH is 1. The minimum absolute atomic E-state index is 0.0694. The van der Waals surface area contributed by atoms with E-state index >= 15 is 0 Å². The minimum atomic E-state index is -0.798. The molecule has 1 aliphatic carbocycles. The Morgan fingerprint density at radius 1 is 1.25 bits per heavy atom. The van der Waals surface area contributed by atoms with Crippen LogP contribution in [0.25, 0.3) is 0 Å². The molecular formula is C16H23NO3. The molecule has 0 bridgehead atoms. The summed E-state index contributed by atoms with van der Waals surface area (Å²) in [5.41, 5.74) is 1.92. The van der Waals surface area contributed by atoms with E-state index in [4.69, 9.17) is 5.11 Å². The van der Waals surface area contributed by atoms with Crippen LogP contribution in [0.3, 0.4) is 0 Å². The van der Waals surface area contributed by atoms with Crippen molar-refractivity contribution in [3.8, 4) is 0 Å². The summed E-state index contributed by atoms with van der Waals surface area (Å²) in [6.45, 7) is 1.58. The van der Waals surface area contributed by atoms with E-state index in [2.05, 4.69) is 5.32 Å². The molecular weight excluding hydrogens is 254 g/mol. The molecule has 3 N–H and O–H groups in total. The van der Waals surface area contributed by atoms with E-state index in [1.165, 1.54) is 6.42 Å². The second kappa shape index (κ2) is 7.41. The molecule has 1 aromatic carbocycles. The molecule has 20 heavy (non-hydrogen) atoms. The Balaban J connectivity index is 1.83. The predicted molar refractivity (Wildman–Crippen MR) is 77.5 cm³/mol. The van der Waals surface area contributed by atoms with Crippen LogP contribution >= 0.6 is 0 Å². The second-order valence-electron chi connectivity index (χ2n) is 5.66. The molecule has 2 atom stereocenters. The minimum Gasteiger partial charge on any atom is -0.481 e. The largest absolute Gasteiger partial charge is 0.481 e. The van der Waals surface area contributed by atoms with Gasteiger partial charge < -0.3 is 15.5 Å².